The van der Waals surface area contributed by atoms with E-state index in [1.807, 2.05) is 12.3 Å². The zero-order valence-electron chi connectivity index (χ0n) is 7.11. The van der Waals surface area contributed by atoms with Crippen molar-refractivity contribution in [3.63, 3.8) is 0 Å². The molecule has 0 aliphatic heterocycles. The predicted molar refractivity (Wildman–Crippen MR) is 45.7 cm³/mol. The predicted octanol–water partition coefficient (Wildman–Crippen LogP) is 1.49. The average Bonchev–Trinajstić information content (AvgIpc) is 2.75. The number of aliphatic hydroxyl groups is 1. The van der Waals surface area contributed by atoms with E-state index in [1.54, 1.807) is 4.68 Å². The number of aromatic nitrogens is 2. The summed E-state index contributed by atoms with van der Waals surface area (Å²) in [4.78, 5) is 0. The van der Waals surface area contributed by atoms with Gasteiger partial charge < -0.3 is 5.11 Å². The fourth-order valence-electron chi connectivity index (χ4n) is 1.90. The maximum atomic E-state index is 8.79. The molecule has 0 amide bonds. The van der Waals surface area contributed by atoms with Crippen LogP contribution in [0.4, 0.5) is 0 Å². The molecule has 3 nitrogen and oxygen atoms in total. The normalized spacial score (nSPS) is 18.8. The van der Waals surface area contributed by atoms with Crippen LogP contribution in [0.5, 0.6) is 0 Å². The van der Waals surface area contributed by atoms with E-state index >= 15 is 0 Å². The van der Waals surface area contributed by atoms with Crippen molar-refractivity contribution in [2.75, 3.05) is 0 Å². The van der Waals surface area contributed by atoms with Crippen LogP contribution < -0.4 is 0 Å². The summed E-state index contributed by atoms with van der Waals surface area (Å²) in [6.45, 7) is -0.00722. The van der Waals surface area contributed by atoms with E-state index in [-0.39, 0.29) is 6.73 Å². The highest BCUT2D eigenvalue weighted by Gasteiger charge is 2.18. The van der Waals surface area contributed by atoms with Crippen molar-refractivity contribution in [3.8, 4) is 0 Å². The largest absolute Gasteiger partial charge is 0.374 e. The van der Waals surface area contributed by atoms with Gasteiger partial charge in [0.25, 0.3) is 0 Å². The Hall–Kier alpha value is -0.830. The lowest BCUT2D eigenvalue weighted by Crippen LogP contribution is -2.00. The Labute approximate surface area is 72.0 Å². The van der Waals surface area contributed by atoms with E-state index in [9.17, 15) is 0 Å². The number of hydrogen-bond donors (Lipinski definition) is 1. The minimum absolute atomic E-state index is 0.00722. The van der Waals surface area contributed by atoms with E-state index in [0.717, 1.165) is 5.69 Å². The van der Waals surface area contributed by atoms with Crippen molar-refractivity contribution in [1.29, 1.82) is 0 Å². The summed E-state index contributed by atoms with van der Waals surface area (Å²) < 4.78 is 1.58. The maximum absolute atomic E-state index is 8.79. The first kappa shape index (κ1) is 7.80. The van der Waals surface area contributed by atoms with Crippen molar-refractivity contribution < 1.29 is 5.11 Å². The summed E-state index contributed by atoms with van der Waals surface area (Å²) in [6, 6.07) is 2.02. The summed E-state index contributed by atoms with van der Waals surface area (Å²) in [7, 11) is 0. The smallest absolute Gasteiger partial charge is 0.136 e. The molecule has 1 aliphatic carbocycles. The quantitative estimate of drug-likeness (QED) is 0.722. The van der Waals surface area contributed by atoms with E-state index in [4.69, 9.17) is 5.11 Å². The third-order valence-electron chi connectivity index (χ3n) is 2.58. The maximum Gasteiger partial charge on any atom is 0.136 e. The molecule has 0 unspecified atom stereocenters. The second kappa shape index (κ2) is 3.27. The van der Waals surface area contributed by atoms with Crippen LogP contribution in [0.25, 0.3) is 0 Å². The average molecular weight is 166 g/mol. The van der Waals surface area contributed by atoms with Crippen molar-refractivity contribution in [2.24, 2.45) is 0 Å². The van der Waals surface area contributed by atoms with Gasteiger partial charge in [-0.2, -0.15) is 5.10 Å². The zero-order valence-corrected chi connectivity index (χ0v) is 7.11. The topological polar surface area (TPSA) is 38.0 Å². The van der Waals surface area contributed by atoms with Gasteiger partial charge in [0.1, 0.15) is 6.73 Å². The highest BCUT2D eigenvalue weighted by Crippen LogP contribution is 2.32. The van der Waals surface area contributed by atoms with E-state index in [0.29, 0.717) is 5.92 Å². The molecule has 0 radical (unpaired) electrons. The molecule has 1 aromatic rings. The summed E-state index contributed by atoms with van der Waals surface area (Å²) in [5.74, 6) is 0.651. The Kier molecular flexibility index (Phi) is 2.13. The van der Waals surface area contributed by atoms with Gasteiger partial charge in [-0.15, -0.1) is 0 Å². The highest BCUT2D eigenvalue weighted by atomic mass is 16.3. The molecule has 1 N–H and O–H groups in total. The fourth-order valence-corrected chi connectivity index (χ4v) is 1.90. The van der Waals surface area contributed by atoms with Gasteiger partial charge in [-0.1, -0.05) is 12.8 Å². The first-order valence-electron chi connectivity index (χ1n) is 4.54. The Balaban J connectivity index is 2.11. The molecule has 0 bridgehead atoms. The number of nitrogens with zero attached hydrogens (tertiary/aromatic N) is 2. The molecular formula is C9H14N2O. The van der Waals surface area contributed by atoms with Gasteiger partial charge in [0.15, 0.2) is 0 Å². The fraction of sp³-hybridized carbons (Fsp3) is 0.667. The molecule has 1 fully saturated rings. The van der Waals surface area contributed by atoms with Gasteiger partial charge in [0, 0.05) is 12.1 Å². The van der Waals surface area contributed by atoms with Crippen molar-refractivity contribution in [2.45, 2.75) is 38.3 Å². The van der Waals surface area contributed by atoms with Gasteiger partial charge in [-0.05, 0) is 18.9 Å². The molecule has 0 spiro atoms. The molecule has 1 aromatic heterocycles. The molecule has 3 heteroatoms. The van der Waals surface area contributed by atoms with Crippen LogP contribution in [0.2, 0.25) is 0 Å². The van der Waals surface area contributed by atoms with Gasteiger partial charge in [0.2, 0.25) is 0 Å². The molecule has 0 atom stereocenters. The van der Waals surface area contributed by atoms with Crippen LogP contribution in [0.15, 0.2) is 12.3 Å². The molecular weight excluding hydrogens is 152 g/mol. The van der Waals surface area contributed by atoms with Crippen molar-refractivity contribution >= 4 is 0 Å². The molecule has 0 aromatic carbocycles. The number of hydrogen-bond acceptors (Lipinski definition) is 2. The van der Waals surface area contributed by atoms with E-state index < -0.39 is 0 Å². The van der Waals surface area contributed by atoms with Crippen LogP contribution in [0.1, 0.15) is 37.3 Å². The molecule has 2 rings (SSSR count). The Morgan fingerprint density at radius 1 is 1.50 bits per heavy atom. The third-order valence-corrected chi connectivity index (χ3v) is 2.58. The lowest BCUT2D eigenvalue weighted by atomic mass is 10.1. The molecule has 12 heavy (non-hydrogen) atoms. The van der Waals surface area contributed by atoms with Gasteiger partial charge in [0.05, 0.1) is 5.69 Å². The van der Waals surface area contributed by atoms with Crippen LogP contribution in [0, 0.1) is 0 Å². The molecule has 1 aliphatic rings. The number of aliphatic hydroxyl groups excluding tert-OH is 1. The summed E-state index contributed by atoms with van der Waals surface area (Å²) in [5.41, 5.74) is 1.15. The third kappa shape index (κ3) is 1.37. The summed E-state index contributed by atoms with van der Waals surface area (Å²) in [6.07, 6.45) is 7.03. The molecule has 1 heterocycles. The second-order valence-electron chi connectivity index (χ2n) is 3.40. The van der Waals surface area contributed by atoms with Crippen LogP contribution in [0.3, 0.4) is 0 Å². The lowest BCUT2D eigenvalue weighted by Gasteiger charge is -2.03. The summed E-state index contributed by atoms with van der Waals surface area (Å²) in [5, 5.41) is 13.1. The van der Waals surface area contributed by atoms with Crippen LogP contribution in [-0.4, -0.2) is 14.9 Å². The molecule has 66 valence electrons. The summed E-state index contributed by atoms with van der Waals surface area (Å²) >= 11 is 0. The SMILES string of the molecule is OCn1ccc(C2CCCC2)n1. The first-order chi connectivity index (χ1) is 5.90. The van der Waals surface area contributed by atoms with Crippen LogP contribution in [-0.2, 0) is 6.73 Å². The molecule has 1 saturated carbocycles. The monoisotopic (exact) mass is 166 g/mol. The minimum Gasteiger partial charge on any atom is -0.374 e. The highest BCUT2D eigenvalue weighted by molar-refractivity contribution is 5.07. The molecule has 0 saturated heterocycles. The first-order valence-corrected chi connectivity index (χ1v) is 4.54. The van der Waals surface area contributed by atoms with Crippen molar-refractivity contribution in [1.82, 2.24) is 9.78 Å². The van der Waals surface area contributed by atoms with Gasteiger partial charge in [-0.3, -0.25) is 0 Å². The lowest BCUT2D eigenvalue weighted by molar-refractivity contribution is 0.194. The second-order valence-corrected chi connectivity index (χ2v) is 3.40. The standard InChI is InChI=1S/C9H14N2O/c12-7-11-6-5-9(10-11)8-3-1-2-4-8/h5-6,8,12H,1-4,7H2. The Morgan fingerprint density at radius 2 is 2.25 bits per heavy atom. The van der Waals surface area contributed by atoms with Crippen molar-refractivity contribution in [3.05, 3.63) is 18.0 Å². The van der Waals surface area contributed by atoms with Crippen LogP contribution >= 0.6 is 0 Å². The number of rotatable bonds is 2. The van der Waals surface area contributed by atoms with Gasteiger partial charge >= 0.3 is 0 Å². The van der Waals surface area contributed by atoms with E-state index in [1.165, 1.54) is 25.7 Å². The van der Waals surface area contributed by atoms with Gasteiger partial charge in [-0.25, -0.2) is 4.68 Å². The van der Waals surface area contributed by atoms with E-state index in [2.05, 4.69) is 5.10 Å². The minimum atomic E-state index is -0.00722. The Bertz CT molecular complexity index is 251. The zero-order chi connectivity index (χ0) is 8.39. The Morgan fingerprint density at radius 3 is 2.83 bits per heavy atom.